The highest BCUT2D eigenvalue weighted by Crippen LogP contribution is 2.27. The second kappa shape index (κ2) is 8.31. The number of halogens is 2. The fourth-order valence-electron chi connectivity index (χ4n) is 3.34. The summed E-state index contributed by atoms with van der Waals surface area (Å²) in [7, 11) is 0. The highest BCUT2D eigenvalue weighted by molar-refractivity contribution is 7.99. The number of para-hydroxylation sites is 2. The summed E-state index contributed by atoms with van der Waals surface area (Å²) < 4.78 is 36.6. The van der Waals surface area contributed by atoms with Crippen LogP contribution in [0.2, 0.25) is 0 Å². The maximum Gasteiger partial charge on any atom is 0.387 e. The molecule has 0 fully saturated rings. The molecule has 0 aliphatic carbocycles. The van der Waals surface area contributed by atoms with Crippen LogP contribution >= 0.6 is 11.8 Å². The first-order chi connectivity index (χ1) is 14.4. The Morgan fingerprint density at radius 1 is 1.17 bits per heavy atom. The highest BCUT2D eigenvalue weighted by atomic mass is 32.2. The van der Waals surface area contributed by atoms with Gasteiger partial charge in [-0.05, 0) is 56.3 Å². The third-order valence-electron chi connectivity index (χ3n) is 4.65. The van der Waals surface area contributed by atoms with Gasteiger partial charge < -0.3 is 13.7 Å². The number of alkyl halides is 2. The predicted molar refractivity (Wildman–Crippen MR) is 111 cm³/mol. The van der Waals surface area contributed by atoms with Crippen LogP contribution in [0.4, 0.5) is 8.78 Å². The molecule has 0 atom stereocenters. The van der Waals surface area contributed by atoms with Crippen molar-refractivity contribution in [1.82, 2.24) is 9.55 Å². The SMILES string of the molecule is Cc1cc(C(=O)CSc2nc3ccccc3o2)c(C)n1-c1ccc(OC(F)F)cc1. The molecule has 0 radical (unpaired) electrons. The topological polar surface area (TPSA) is 57.3 Å². The van der Waals surface area contributed by atoms with Crippen molar-refractivity contribution in [1.29, 1.82) is 0 Å². The minimum atomic E-state index is -2.87. The van der Waals surface area contributed by atoms with E-state index in [1.165, 1.54) is 23.9 Å². The van der Waals surface area contributed by atoms with E-state index in [2.05, 4.69) is 9.72 Å². The van der Waals surface area contributed by atoms with Crippen molar-refractivity contribution >= 4 is 28.6 Å². The highest BCUT2D eigenvalue weighted by Gasteiger charge is 2.18. The lowest BCUT2D eigenvalue weighted by Crippen LogP contribution is -2.06. The van der Waals surface area contributed by atoms with E-state index in [0.29, 0.717) is 16.4 Å². The summed E-state index contributed by atoms with van der Waals surface area (Å²) >= 11 is 1.25. The van der Waals surface area contributed by atoms with Crippen molar-refractivity contribution < 1.29 is 22.7 Å². The first-order valence-electron chi connectivity index (χ1n) is 9.18. The van der Waals surface area contributed by atoms with Crippen LogP contribution in [0.5, 0.6) is 5.75 Å². The summed E-state index contributed by atoms with van der Waals surface area (Å²) in [5.74, 6) is 0.236. The number of Topliss-reactive ketones (excluding diaryl/α,β-unsaturated/α-hetero) is 1. The number of ether oxygens (including phenoxy) is 1. The van der Waals surface area contributed by atoms with Crippen molar-refractivity contribution in [3.63, 3.8) is 0 Å². The Labute approximate surface area is 175 Å². The molecule has 2 heterocycles. The van der Waals surface area contributed by atoms with E-state index in [-0.39, 0.29) is 17.3 Å². The molecule has 4 rings (SSSR count). The molecule has 0 saturated heterocycles. The Hall–Kier alpha value is -3.13. The van der Waals surface area contributed by atoms with Crippen LogP contribution in [0.3, 0.4) is 0 Å². The Kier molecular flexibility index (Phi) is 5.59. The van der Waals surface area contributed by atoms with Gasteiger partial charge in [-0.15, -0.1) is 0 Å². The lowest BCUT2D eigenvalue weighted by molar-refractivity contribution is -0.0498. The Bertz CT molecular complexity index is 1170. The van der Waals surface area contributed by atoms with Gasteiger partial charge in [0, 0.05) is 22.6 Å². The summed E-state index contributed by atoms with van der Waals surface area (Å²) in [5, 5.41) is 0.452. The van der Waals surface area contributed by atoms with Crippen LogP contribution in [-0.2, 0) is 0 Å². The van der Waals surface area contributed by atoms with Gasteiger partial charge in [0.25, 0.3) is 5.22 Å². The number of aryl methyl sites for hydroxylation is 1. The zero-order chi connectivity index (χ0) is 21.3. The Morgan fingerprint density at radius 3 is 2.60 bits per heavy atom. The second-order valence-corrected chi connectivity index (χ2v) is 7.58. The average Bonchev–Trinajstić information content (AvgIpc) is 3.26. The summed E-state index contributed by atoms with van der Waals surface area (Å²) in [4.78, 5) is 17.2. The fourth-order valence-corrected chi connectivity index (χ4v) is 4.06. The van der Waals surface area contributed by atoms with Crippen LogP contribution in [0.1, 0.15) is 21.7 Å². The van der Waals surface area contributed by atoms with Gasteiger partial charge in [0.15, 0.2) is 11.4 Å². The molecule has 0 aliphatic rings. The quantitative estimate of drug-likeness (QED) is 0.275. The molecule has 0 aliphatic heterocycles. The van der Waals surface area contributed by atoms with E-state index in [9.17, 15) is 13.6 Å². The molecule has 0 N–H and O–H groups in total. The number of ketones is 1. The smallest absolute Gasteiger partial charge is 0.387 e. The molecule has 2 aromatic heterocycles. The molecule has 2 aromatic carbocycles. The number of thioether (sulfide) groups is 1. The van der Waals surface area contributed by atoms with Gasteiger partial charge in [-0.1, -0.05) is 23.9 Å². The van der Waals surface area contributed by atoms with Crippen molar-refractivity contribution in [2.45, 2.75) is 25.7 Å². The van der Waals surface area contributed by atoms with Gasteiger partial charge in [-0.25, -0.2) is 4.98 Å². The molecule has 0 unspecified atom stereocenters. The molecule has 30 heavy (non-hydrogen) atoms. The number of carbonyl (C=O) groups is 1. The van der Waals surface area contributed by atoms with Crippen LogP contribution in [0.25, 0.3) is 16.8 Å². The lowest BCUT2D eigenvalue weighted by atomic mass is 10.2. The largest absolute Gasteiger partial charge is 0.435 e. The zero-order valence-electron chi connectivity index (χ0n) is 16.3. The molecule has 5 nitrogen and oxygen atoms in total. The normalized spacial score (nSPS) is 11.4. The molecular formula is C22H18F2N2O3S. The molecule has 154 valence electrons. The number of hydrogen-bond acceptors (Lipinski definition) is 5. The third kappa shape index (κ3) is 4.09. The number of carbonyl (C=O) groups excluding carboxylic acids is 1. The predicted octanol–water partition coefficient (Wildman–Crippen LogP) is 5.81. The maximum atomic E-state index is 12.8. The standard InChI is InChI=1S/C22H18F2N2O3S/c1-13-11-17(14(2)26(13)15-7-9-16(10-8-15)28-21(23)24)19(27)12-30-22-25-18-5-3-4-6-20(18)29-22/h3-11,21H,12H2,1-2H3. The Morgan fingerprint density at radius 2 is 1.90 bits per heavy atom. The Balaban J connectivity index is 1.51. The van der Waals surface area contributed by atoms with Crippen molar-refractivity contribution in [3.05, 3.63) is 71.5 Å². The summed E-state index contributed by atoms with van der Waals surface area (Å²) in [6.45, 7) is 0.878. The van der Waals surface area contributed by atoms with Crippen molar-refractivity contribution in [2.75, 3.05) is 5.75 Å². The van der Waals surface area contributed by atoms with Gasteiger partial charge in [-0.3, -0.25) is 4.79 Å². The van der Waals surface area contributed by atoms with Crippen molar-refractivity contribution in [2.24, 2.45) is 0 Å². The number of rotatable bonds is 7. The van der Waals surface area contributed by atoms with E-state index in [0.717, 1.165) is 22.6 Å². The third-order valence-corrected chi connectivity index (χ3v) is 5.48. The van der Waals surface area contributed by atoms with Crippen molar-refractivity contribution in [3.8, 4) is 11.4 Å². The van der Waals surface area contributed by atoms with E-state index in [1.54, 1.807) is 12.1 Å². The van der Waals surface area contributed by atoms with Gasteiger partial charge >= 0.3 is 6.61 Å². The molecule has 0 bridgehead atoms. The average molecular weight is 428 g/mol. The molecule has 4 aromatic rings. The summed E-state index contributed by atoms with van der Waals surface area (Å²) in [6, 6.07) is 15.6. The molecular weight excluding hydrogens is 410 g/mol. The van der Waals surface area contributed by atoms with Crippen LogP contribution in [0.15, 0.2) is 64.2 Å². The second-order valence-electron chi connectivity index (χ2n) is 6.65. The van der Waals surface area contributed by atoms with E-state index in [1.807, 2.05) is 48.7 Å². The number of hydrogen-bond donors (Lipinski definition) is 0. The molecule has 0 amide bonds. The van der Waals surface area contributed by atoms with Gasteiger partial charge in [0.1, 0.15) is 11.3 Å². The van der Waals surface area contributed by atoms with E-state index < -0.39 is 6.61 Å². The molecule has 8 heteroatoms. The summed E-state index contributed by atoms with van der Waals surface area (Å²) in [5.41, 5.74) is 4.44. The van der Waals surface area contributed by atoms with Gasteiger partial charge in [-0.2, -0.15) is 8.78 Å². The fraction of sp³-hybridized carbons (Fsp3) is 0.182. The first-order valence-corrected chi connectivity index (χ1v) is 10.2. The lowest BCUT2D eigenvalue weighted by Gasteiger charge is -2.11. The number of fused-ring (bicyclic) bond motifs is 1. The van der Waals surface area contributed by atoms with E-state index >= 15 is 0 Å². The molecule has 0 saturated carbocycles. The van der Waals surface area contributed by atoms with Crippen LogP contribution in [-0.4, -0.2) is 27.7 Å². The van der Waals surface area contributed by atoms with Crippen LogP contribution < -0.4 is 4.74 Å². The number of oxazole rings is 1. The van der Waals surface area contributed by atoms with E-state index in [4.69, 9.17) is 4.42 Å². The minimum absolute atomic E-state index is 0.0424. The maximum absolute atomic E-state index is 12.8. The van der Waals surface area contributed by atoms with Gasteiger partial charge in [0.2, 0.25) is 0 Å². The number of benzene rings is 2. The van der Waals surface area contributed by atoms with Gasteiger partial charge in [0.05, 0.1) is 5.75 Å². The minimum Gasteiger partial charge on any atom is -0.435 e. The molecule has 0 spiro atoms. The number of nitrogens with zero attached hydrogens (tertiary/aromatic N) is 2. The van der Waals surface area contributed by atoms with Crippen LogP contribution in [0, 0.1) is 13.8 Å². The monoisotopic (exact) mass is 428 g/mol. The number of aromatic nitrogens is 2. The first kappa shape index (κ1) is 20.2. The zero-order valence-corrected chi connectivity index (χ0v) is 17.1. The summed E-state index contributed by atoms with van der Waals surface area (Å²) in [6.07, 6.45) is 0.